The number of rotatable bonds is 4. The van der Waals surface area contributed by atoms with Gasteiger partial charge in [-0.05, 0) is 25.0 Å². The van der Waals surface area contributed by atoms with E-state index in [0.717, 1.165) is 18.6 Å². The van der Waals surface area contributed by atoms with E-state index < -0.39 is 0 Å². The van der Waals surface area contributed by atoms with E-state index >= 15 is 0 Å². The summed E-state index contributed by atoms with van der Waals surface area (Å²) < 4.78 is 11.3. The van der Waals surface area contributed by atoms with Gasteiger partial charge in [0, 0.05) is 5.92 Å². The molecule has 1 heterocycles. The monoisotopic (exact) mass is 246 g/mol. The van der Waals surface area contributed by atoms with E-state index in [0.29, 0.717) is 18.5 Å². The molecule has 0 amide bonds. The Morgan fingerprint density at radius 3 is 2.89 bits per heavy atom. The molecule has 1 spiro atoms. The van der Waals surface area contributed by atoms with E-state index in [2.05, 4.69) is 11.9 Å². The van der Waals surface area contributed by atoms with Crippen LogP contribution in [0.15, 0.2) is 35.3 Å². The molecule has 2 unspecified atom stereocenters. The van der Waals surface area contributed by atoms with Crippen molar-refractivity contribution in [3.05, 3.63) is 30.3 Å². The highest BCUT2D eigenvalue weighted by Crippen LogP contribution is 2.52. The SMILES string of the molecule is CC[C@H](Oc1ccccc1)C1CC12COC(N)=N2. The summed E-state index contributed by atoms with van der Waals surface area (Å²) >= 11 is 0. The zero-order chi connectivity index (χ0) is 12.6. The van der Waals surface area contributed by atoms with Crippen molar-refractivity contribution in [3.63, 3.8) is 0 Å². The van der Waals surface area contributed by atoms with Crippen LogP contribution in [0.4, 0.5) is 0 Å². The molecule has 1 aromatic rings. The Bertz CT molecular complexity index is 460. The summed E-state index contributed by atoms with van der Waals surface area (Å²) in [5, 5.41) is 0. The molecule has 0 radical (unpaired) electrons. The van der Waals surface area contributed by atoms with E-state index in [1.165, 1.54) is 0 Å². The Kier molecular flexibility index (Phi) is 2.65. The quantitative estimate of drug-likeness (QED) is 0.883. The first-order chi connectivity index (χ1) is 8.73. The number of ether oxygens (including phenoxy) is 2. The summed E-state index contributed by atoms with van der Waals surface area (Å²) in [5.74, 6) is 1.34. The fourth-order valence-electron chi connectivity index (χ4n) is 2.70. The molecule has 0 bridgehead atoms. The zero-order valence-corrected chi connectivity index (χ0v) is 10.5. The van der Waals surface area contributed by atoms with Gasteiger partial charge in [0.1, 0.15) is 24.0 Å². The molecule has 4 heteroatoms. The molecule has 3 atom stereocenters. The van der Waals surface area contributed by atoms with Crippen LogP contribution in [0.5, 0.6) is 5.75 Å². The first-order valence-electron chi connectivity index (χ1n) is 6.43. The van der Waals surface area contributed by atoms with Crippen LogP contribution in [0.1, 0.15) is 19.8 Å². The van der Waals surface area contributed by atoms with Crippen molar-refractivity contribution in [3.8, 4) is 5.75 Å². The third kappa shape index (κ3) is 1.92. The highest BCUT2D eigenvalue weighted by atomic mass is 16.5. The number of benzene rings is 1. The average molecular weight is 246 g/mol. The normalized spacial score (nSPS) is 30.7. The summed E-state index contributed by atoms with van der Waals surface area (Å²) in [6.45, 7) is 2.75. The van der Waals surface area contributed by atoms with Gasteiger partial charge in [0.2, 0.25) is 0 Å². The highest BCUT2D eigenvalue weighted by molar-refractivity contribution is 5.74. The van der Waals surface area contributed by atoms with Gasteiger partial charge in [-0.25, -0.2) is 4.99 Å². The standard InChI is InChI=1S/C14H18N2O2/c1-2-12(18-10-6-4-3-5-7-10)11-8-14(11)9-17-13(15)16-14/h3-7,11-12H,2,8-9H2,1H3,(H2,15,16)/t11?,12-,14?/m0/s1. The van der Waals surface area contributed by atoms with Crippen molar-refractivity contribution >= 4 is 6.02 Å². The minimum atomic E-state index is -0.0977. The first-order valence-corrected chi connectivity index (χ1v) is 6.43. The molecule has 1 aliphatic carbocycles. The summed E-state index contributed by atoms with van der Waals surface area (Å²) in [4.78, 5) is 4.42. The molecule has 3 rings (SSSR count). The predicted molar refractivity (Wildman–Crippen MR) is 69.6 cm³/mol. The number of nitrogens with zero attached hydrogens (tertiary/aromatic N) is 1. The number of hydrogen-bond donors (Lipinski definition) is 1. The van der Waals surface area contributed by atoms with Crippen LogP contribution in [0.25, 0.3) is 0 Å². The maximum atomic E-state index is 6.04. The van der Waals surface area contributed by atoms with Crippen LogP contribution in [-0.2, 0) is 4.74 Å². The smallest absolute Gasteiger partial charge is 0.282 e. The summed E-state index contributed by atoms with van der Waals surface area (Å²) in [6, 6.07) is 10.3. The van der Waals surface area contributed by atoms with E-state index in [4.69, 9.17) is 15.2 Å². The lowest BCUT2D eigenvalue weighted by Crippen LogP contribution is -2.25. The Morgan fingerprint density at radius 2 is 2.28 bits per heavy atom. The van der Waals surface area contributed by atoms with Gasteiger partial charge in [-0.1, -0.05) is 25.1 Å². The van der Waals surface area contributed by atoms with E-state index in [1.807, 2.05) is 30.3 Å². The lowest BCUT2D eigenvalue weighted by atomic mass is 10.1. The third-order valence-corrected chi connectivity index (χ3v) is 3.79. The minimum Gasteiger partial charge on any atom is -0.490 e. The van der Waals surface area contributed by atoms with Crippen LogP contribution < -0.4 is 10.5 Å². The second kappa shape index (κ2) is 4.19. The van der Waals surface area contributed by atoms with E-state index in [1.54, 1.807) is 0 Å². The van der Waals surface area contributed by atoms with Gasteiger partial charge in [-0.2, -0.15) is 0 Å². The summed E-state index contributed by atoms with van der Waals surface area (Å²) in [6.07, 6.45) is 2.17. The van der Waals surface area contributed by atoms with Crippen molar-refractivity contribution < 1.29 is 9.47 Å². The third-order valence-electron chi connectivity index (χ3n) is 3.79. The number of hydrogen-bond acceptors (Lipinski definition) is 4. The van der Waals surface area contributed by atoms with Crippen LogP contribution in [-0.4, -0.2) is 24.3 Å². The molecular formula is C14H18N2O2. The largest absolute Gasteiger partial charge is 0.490 e. The van der Waals surface area contributed by atoms with Crippen molar-refractivity contribution in [2.45, 2.75) is 31.4 Å². The van der Waals surface area contributed by atoms with Crippen LogP contribution in [0.3, 0.4) is 0 Å². The highest BCUT2D eigenvalue weighted by Gasteiger charge is 2.61. The predicted octanol–water partition coefficient (Wildman–Crippen LogP) is 1.95. The molecule has 1 fully saturated rings. The van der Waals surface area contributed by atoms with Gasteiger partial charge >= 0.3 is 0 Å². The Hall–Kier alpha value is -1.71. The zero-order valence-electron chi connectivity index (χ0n) is 10.5. The molecule has 2 N–H and O–H groups in total. The van der Waals surface area contributed by atoms with Crippen molar-refractivity contribution in [1.29, 1.82) is 0 Å². The topological polar surface area (TPSA) is 56.8 Å². The van der Waals surface area contributed by atoms with Gasteiger partial charge in [-0.3, -0.25) is 0 Å². The molecule has 96 valence electrons. The number of nitrogens with two attached hydrogens (primary N) is 1. The van der Waals surface area contributed by atoms with Gasteiger partial charge in [0.15, 0.2) is 0 Å². The fraction of sp³-hybridized carbons (Fsp3) is 0.500. The molecule has 1 aliphatic heterocycles. The second-order valence-corrected chi connectivity index (χ2v) is 5.03. The summed E-state index contributed by atoms with van der Waals surface area (Å²) in [5.41, 5.74) is 5.50. The lowest BCUT2D eigenvalue weighted by molar-refractivity contribution is 0.157. The minimum absolute atomic E-state index is 0.0977. The van der Waals surface area contributed by atoms with Crippen LogP contribution >= 0.6 is 0 Å². The van der Waals surface area contributed by atoms with E-state index in [-0.39, 0.29) is 11.6 Å². The fourth-order valence-corrected chi connectivity index (χ4v) is 2.70. The molecule has 1 saturated carbocycles. The van der Waals surface area contributed by atoms with Crippen molar-refractivity contribution in [2.24, 2.45) is 16.6 Å². The molecule has 0 aromatic heterocycles. The van der Waals surface area contributed by atoms with Gasteiger partial charge in [0.25, 0.3) is 6.02 Å². The average Bonchev–Trinajstić information content (AvgIpc) is 2.95. The van der Waals surface area contributed by atoms with Gasteiger partial charge in [-0.15, -0.1) is 0 Å². The first kappa shape index (κ1) is 11.4. The molecule has 18 heavy (non-hydrogen) atoms. The molecule has 1 aromatic carbocycles. The maximum Gasteiger partial charge on any atom is 0.282 e. The molecule has 0 saturated heterocycles. The molecular weight excluding hydrogens is 228 g/mol. The maximum absolute atomic E-state index is 6.04. The van der Waals surface area contributed by atoms with Crippen molar-refractivity contribution in [2.75, 3.05) is 6.61 Å². The Balaban J connectivity index is 1.68. The second-order valence-electron chi connectivity index (χ2n) is 5.03. The van der Waals surface area contributed by atoms with Crippen LogP contribution in [0, 0.1) is 5.92 Å². The Morgan fingerprint density at radius 1 is 1.50 bits per heavy atom. The Labute approximate surface area is 107 Å². The summed E-state index contributed by atoms with van der Waals surface area (Å²) in [7, 11) is 0. The van der Waals surface area contributed by atoms with Crippen LogP contribution in [0.2, 0.25) is 0 Å². The molecule has 2 aliphatic rings. The number of para-hydroxylation sites is 1. The van der Waals surface area contributed by atoms with Gasteiger partial charge < -0.3 is 15.2 Å². The number of amidine groups is 1. The van der Waals surface area contributed by atoms with E-state index in [9.17, 15) is 0 Å². The number of aliphatic imine (C=N–C) groups is 1. The van der Waals surface area contributed by atoms with Gasteiger partial charge in [0.05, 0.1) is 0 Å². The van der Waals surface area contributed by atoms with Crippen molar-refractivity contribution in [1.82, 2.24) is 0 Å². The lowest BCUT2D eigenvalue weighted by Gasteiger charge is -2.18. The molecule has 4 nitrogen and oxygen atoms in total.